The zero-order chi connectivity index (χ0) is 14.0. The smallest absolute Gasteiger partial charge is 0.263 e. The van der Waals surface area contributed by atoms with Crippen LogP contribution in [0.15, 0.2) is 29.6 Å². The zero-order valence-corrected chi connectivity index (χ0v) is 11.3. The van der Waals surface area contributed by atoms with Gasteiger partial charge in [0.2, 0.25) is 0 Å². The monoisotopic (exact) mass is 322 g/mol. The third-order valence-corrected chi connectivity index (χ3v) is 4.00. The fraction of sp³-hybridized carbons (Fsp3) is 0. The number of pyridine rings is 1. The molecule has 19 heavy (non-hydrogen) atoms. The standard InChI is InChI=1S/C9H5Cl2FN4O2S/c10-8-5(12)3-6(9(11)15-8)19(17,18)16-7-1-2-13-4-14-7/h1-4H,(H,13,14,16). The summed E-state index contributed by atoms with van der Waals surface area (Å²) >= 11 is 11.0. The zero-order valence-electron chi connectivity index (χ0n) is 9.01. The van der Waals surface area contributed by atoms with Crippen LogP contribution in [0, 0.1) is 5.82 Å². The normalized spacial score (nSPS) is 11.3. The maximum Gasteiger partial charge on any atom is 0.266 e. The summed E-state index contributed by atoms with van der Waals surface area (Å²) in [5.41, 5.74) is 0. The molecule has 0 spiro atoms. The van der Waals surface area contributed by atoms with Crippen molar-refractivity contribution in [3.63, 3.8) is 0 Å². The molecule has 0 bridgehead atoms. The highest BCUT2D eigenvalue weighted by molar-refractivity contribution is 7.92. The van der Waals surface area contributed by atoms with E-state index in [2.05, 4.69) is 19.7 Å². The predicted molar refractivity (Wildman–Crippen MR) is 67.1 cm³/mol. The molecule has 2 heterocycles. The molecule has 1 N–H and O–H groups in total. The van der Waals surface area contributed by atoms with Crippen molar-refractivity contribution in [1.82, 2.24) is 15.0 Å². The molecule has 2 rings (SSSR count). The third kappa shape index (κ3) is 3.09. The van der Waals surface area contributed by atoms with Crippen LogP contribution in [0.25, 0.3) is 0 Å². The topological polar surface area (TPSA) is 84.8 Å². The van der Waals surface area contributed by atoms with Gasteiger partial charge in [-0.25, -0.2) is 27.8 Å². The average Bonchev–Trinajstić information content (AvgIpc) is 2.34. The lowest BCUT2D eigenvalue weighted by Gasteiger charge is -2.08. The SMILES string of the molecule is O=S(=O)(Nc1ccncn1)c1cc(F)c(Cl)nc1Cl. The van der Waals surface area contributed by atoms with Gasteiger partial charge in [0.25, 0.3) is 10.0 Å². The van der Waals surface area contributed by atoms with Crippen LogP contribution in [-0.2, 0) is 10.0 Å². The molecule has 0 aliphatic heterocycles. The molecule has 0 aliphatic rings. The molecule has 0 unspecified atom stereocenters. The summed E-state index contributed by atoms with van der Waals surface area (Å²) in [6.07, 6.45) is 2.49. The van der Waals surface area contributed by atoms with E-state index in [9.17, 15) is 12.8 Å². The lowest BCUT2D eigenvalue weighted by atomic mass is 10.5. The van der Waals surface area contributed by atoms with Gasteiger partial charge in [-0.15, -0.1) is 0 Å². The highest BCUT2D eigenvalue weighted by Crippen LogP contribution is 2.25. The number of hydrogen-bond acceptors (Lipinski definition) is 5. The minimum Gasteiger partial charge on any atom is -0.263 e. The van der Waals surface area contributed by atoms with Crippen molar-refractivity contribution in [3.8, 4) is 0 Å². The van der Waals surface area contributed by atoms with E-state index in [4.69, 9.17) is 23.2 Å². The second-order valence-electron chi connectivity index (χ2n) is 3.25. The quantitative estimate of drug-likeness (QED) is 0.875. The first-order valence-corrected chi connectivity index (χ1v) is 6.94. The van der Waals surface area contributed by atoms with Gasteiger partial charge in [0.05, 0.1) is 0 Å². The predicted octanol–water partition coefficient (Wildman–Crippen LogP) is 2.12. The van der Waals surface area contributed by atoms with Crippen molar-refractivity contribution < 1.29 is 12.8 Å². The summed E-state index contributed by atoms with van der Waals surface area (Å²) in [6, 6.07) is 2.01. The van der Waals surface area contributed by atoms with Crippen LogP contribution in [0.4, 0.5) is 10.2 Å². The molecular formula is C9H5Cl2FN4O2S. The van der Waals surface area contributed by atoms with Gasteiger partial charge in [-0.1, -0.05) is 23.2 Å². The Kier molecular flexibility index (Phi) is 3.83. The summed E-state index contributed by atoms with van der Waals surface area (Å²) in [7, 11) is -4.12. The van der Waals surface area contributed by atoms with Gasteiger partial charge in [0.1, 0.15) is 17.0 Å². The highest BCUT2D eigenvalue weighted by Gasteiger charge is 2.22. The molecule has 0 aliphatic carbocycles. The number of hydrogen-bond donors (Lipinski definition) is 1. The summed E-state index contributed by atoms with van der Waals surface area (Å²) in [5.74, 6) is -0.976. The van der Waals surface area contributed by atoms with E-state index in [0.29, 0.717) is 6.07 Å². The second-order valence-corrected chi connectivity index (χ2v) is 5.62. The van der Waals surface area contributed by atoms with Crippen LogP contribution < -0.4 is 4.72 Å². The summed E-state index contributed by atoms with van der Waals surface area (Å²) in [4.78, 5) is 10.2. The number of nitrogens with one attached hydrogen (secondary N) is 1. The minimum absolute atomic E-state index is 0.0152. The largest absolute Gasteiger partial charge is 0.266 e. The Morgan fingerprint density at radius 2 is 2.00 bits per heavy atom. The van der Waals surface area contributed by atoms with E-state index in [1.54, 1.807) is 0 Å². The minimum atomic E-state index is -4.12. The lowest BCUT2D eigenvalue weighted by Crippen LogP contribution is -2.15. The molecule has 2 aromatic heterocycles. The molecule has 100 valence electrons. The number of aromatic nitrogens is 3. The third-order valence-electron chi connectivity index (χ3n) is 1.96. The molecule has 0 atom stereocenters. The van der Waals surface area contributed by atoms with Crippen LogP contribution in [0.3, 0.4) is 0 Å². The van der Waals surface area contributed by atoms with E-state index in [1.807, 2.05) is 0 Å². The van der Waals surface area contributed by atoms with Gasteiger partial charge in [0, 0.05) is 12.3 Å². The number of halogens is 3. The van der Waals surface area contributed by atoms with Crippen molar-refractivity contribution in [2.75, 3.05) is 4.72 Å². The molecule has 2 aromatic rings. The second kappa shape index (κ2) is 5.24. The average molecular weight is 323 g/mol. The van der Waals surface area contributed by atoms with Crippen LogP contribution >= 0.6 is 23.2 Å². The first-order chi connectivity index (χ1) is 8.90. The number of sulfonamides is 1. The molecule has 0 amide bonds. The molecule has 0 fully saturated rings. The Hall–Kier alpha value is -1.51. The van der Waals surface area contributed by atoms with Gasteiger partial charge in [0.15, 0.2) is 16.1 Å². The molecule has 0 radical (unpaired) electrons. The van der Waals surface area contributed by atoms with E-state index in [0.717, 1.165) is 6.33 Å². The molecule has 0 saturated heterocycles. The number of anilines is 1. The van der Waals surface area contributed by atoms with Gasteiger partial charge in [-0.3, -0.25) is 4.72 Å². The van der Waals surface area contributed by atoms with Crippen molar-refractivity contribution in [2.45, 2.75) is 4.90 Å². The van der Waals surface area contributed by atoms with Crippen LogP contribution in [-0.4, -0.2) is 23.4 Å². The van der Waals surface area contributed by atoms with Crippen LogP contribution in [0.2, 0.25) is 10.3 Å². The fourth-order valence-electron chi connectivity index (χ4n) is 1.16. The summed E-state index contributed by atoms with van der Waals surface area (Å²) < 4.78 is 39.3. The Balaban J connectivity index is 2.43. The molecule has 0 saturated carbocycles. The first-order valence-electron chi connectivity index (χ1n) is 4.70. The van der Waals surface area contributed by atoms with E-state index < -0.39 is 31.0 Å². The summed E-state index contributed by atoms with van der Waals surface area (Å²) in [6.45, 7) is 0. The maximum atomic E-state index is 13.3. The Morgan fingerprint density at radius 3 is 2.63 bits per heavy atom. The molecular weight excluding hydrogens is 318 g/mol. The Morgan fingerprint density at radius 1 is 1.26 bits per heavy atom. The molecule has 6 nitrogen and oxygen atoms in total. The van der Waals surface area contributed by atoms with Gasteiger partial charge >= 0.3 is 0 Å². The van der Waals surface area contributed by atoms with Gasteiger partial charge in [-0.2, -0.15) is 0 Å². The fourth-order valence-corrected chi connectivity index (χ4v) is 2.82. The molecule has 10 heteroatoms. The van der Waals surface area contributed by atoms with Crippen molar-refractivity contribution in [1.29, 1.82) is 0 Å². The van der Waals surface area contributed by atoms with Crippen molar-refractivity contribution >= 4 is 39.0 Å². The first kappa shape index (κ1) is 13.9. The van der Waals surface area contributed by atoms with Gasteiger partial charge < -0.3 is 0 Å². The van der Waals surface area contributed by atoms with Crippen molar-refractivity contribution in [3.05, 3.63) is 40.8 Å². The highest BCUT2D eigenvalue weighted by atomic mass is 35.5. The van der Waals surface area contributed by atoms with Crippen LogP contribution in [0.5, 0.6) is 0 Å². The van der Waals surface area contributed by atoms with Gasteiger partial charge in [-0.05, 0) is 6.07 Å². The van der Waals surface area contributed by atoms with Crippen molar-refractivity contribution in [2.24, 2.45) is 0 Å². The molecule has 0 aromatic carbocycles. The maximum absolute atomic E-state index is 13.3. The van der Waals surface area contributed by atoms with E-state index in [1.165, 1.54) is 12.3 Å². The van der Waals surface area contributed by atoms with E-state index in [-0.39, 0.29) is 5.82 Å². The van der Waals surface area contributed by atoms with Crippen LogP contribution in [0.1, 0.15) is 0 Å². The Bertz CT molecular complexity index is 712. The van der Waals surface area contributed by atoms with E-state index >= 15 is 0 Å². The summed E-state index contributed by atoms with van der Waals surface area (Å²) in [5, 5.41) is -0.945. The Labute approximate surface area is 117 Å². The number of nitrogens with zero attached hydrogens (tertiary/aromatic N) is 3. The number of rotatable bonds is 3. The lowest BCUT2D eigenvalue weighted by molar-refractivity contribution is 0.592.